The van der Waals surface area contributed by atoms with Gasteiger partial charge < -0.3 is 25.2 Å². The molecule has 0 atom stereocenters. The number of nitrogens with one attached hydrogen (secondary N) is 2. The summed E-state index contributed by atoms with van der Waals surface area (Å²) < 4.78 is 6.13. The number of ether oxygens (including phenoxy) is 1. The van der Waals surface area contributed by atoms with Gasteiger partial charge in [0.05, 0.1) is 6.61 Å². The van der Waals surface area contributed by atoms with Crippen molar-refractivity contribution in [1.29, 1.82) is 0 Å². The normalized spacial score (nSPS) is 17.6. The summed E-state index contributed by atoms with van der Waals surface area (Å²) in [5.41, 5.74) is 3.89. The Morgan fingerprint density at radius 3 is 2.50 bits per heavy atom. The molecule has 28 heavy (non-hydrogen) atoms. The van der Waals surface area contributed by atoms with Gasteiger partial charge in [-0.1, -0.05) is 13.8 Å². The van der Waals surface area contributed by atoms with Crippen LogP contribution in [-0.4, -0.2) is 63.9 Å². The topological polar surface area (TPSA) is 39.8 Å². The van der Waals surface area contributed by atoms with Crippen LogP contribution in [0.25, 0.3) is 0 Å². The number of nitrogens with zero attached hydrogens (tertiary/aromatic N) is 2. The summed E-state index contributed by atoms with van der Waals surface area (Å²) >= 11 is 0. The van der Waals surface area contributed by atoms with Crippen molar-refractivity contribution >= 4 is 23.8 Å². The third-order valence-electron chi connectivity index (χ3n) is 5.72. The maximum absolute atomic E-state index is 6.13. The number of likely N-dealkylation sites (tertiary alicyclic amines) is 1. The second-order valence-corrected chi connectivity index (χ2v) is 8.36. The van der Waals surface area contributed by atoms with Crippen LogP contribution in [0.4, 0.5) is 11.4 Å². The van der Waals surface area contributed by atoms with Crippen LogP contribution in [0.15, 0.2) is 12.1 Å². The third kappa shape index (κ3) is 6.71. The van der Waals surface area contributed by atoms with E-state index in [4.69, 9.17) is 4.74 Å². The molecule has 0 radical (unpaired) electrons. The molecule has 0 spiro atoms. The van der Waals surface area contributed by atoms with Crippen molar-refractivity contribution < 1.29 is 4.74 Å². The van der Waals surface area contributed by atoms with Crippen LogP contribution < -0.4 is 20.3 Å². The number of rotatable bonds is 9. The summed E-state index contributed by atoms with van der Waals surface area (Å²) in [6.07, 6.45) is 3.80. The summed E-state index contributed by atoms with van der Waals surface area (Å²) in [7, 11) is 0. The highest BCUT2D eigenvalue weighted by Crippen LogP contribution is 2.33. The summed E-state index contributed by atoms with van der Waals surface area (Å²) in [6, 6.07) is 4.44. The Morgan fingerprint density at radius 1 is 1.11 bits per heavy atom. The van der Waals surface area contributed by atoms with Gasteiger partial charge in [-0.25, -0.2) is 0 Å². The van der Waals surface area contributed by atoms with Crippen molar-refractivity contribution in [2.45, 2.75) is 40.0 Å². The van der Waals surface area contributed by atoms with Gasteiger partial charge in [0, 0.05) is 62.8 Å². The van der Waals surface area contributed by atoms with Gasteiger partial charge in [0.15, 0.2) is 0 Å². The van der Waals surface area contributed by atoms with Crippen LogP contribution in [0.5, 0.6) is 5.75 Å². The minimum absolute atomic E-state index is 0. The molecule has 0 unspecified atom stereocenters. The number of hydrogen-bond donors (Lipinski definition) is 2. The SMILES string of the molecule is Cc1c(NCCN2CCCC2)cc(OCCC(C)C)cc1N1CCNCC1.Cl. The van der Waals surface area contributed by atoms with E-state index >= 15 is 0 Å². The van der Waals surface area contributed by atoms with Crippen LogP contribution in [-0.2, 0) is 0 Å². The number of benzene rings is 1. The van der Waals surface area contributed by atoms with Crippen molar-refractivity contribution in [2.75, 3.05) is 69.2 Å². The maximum Gasteiger partial charge on any atom is 0.123 e. The highest BCUT2D eigenvalue weighted by atomic mass is 35.5. The van der Waals surface area contributed by atoms with Gasteiger partial charge in [-0.05, 0) is 50.8 Å². The number of piperazine rings is 1. The maximum atomic E-state index is 6.13. The van der Waals surface area contributed by atoms with Crippen LogP contribution in [0.3, 0.4) is 0 Å². The predicted octanol–water partition coefficient (Wildman–Crippen LogP) is 3.76. The van der Waals surface area contributed by atoms with Crippen LogP contribution in [0, 0.1) is 12.8 Å². The fraction of sp³-hybridized carbons (Fsp3) is 0.727. The van der Waals surface area contributed by atoms with E-state index < -0.39 is 0 Å². The van der Waals surface area contributed by atoms with Gasteiger partial charge in [-0.15, -0.1) is 12.4 Å². The molecule has 2 N–H and O–H groups in total. The van der Waals surface area contributed by atoms with Gasteiger partial charge >= 0.3 is 0 Å². The molecular weight excluding hydrogens is 372 g/mol. The Bertz CT molecular complexity index is 584. The van der Waals surface area contributed by atoms with Crippen LogP contribution in [0.1, 0.15) is 38.7 Å². The molecule has 2 aliphatic rings. The summed E-state index contributed by atoms with van der Waals surface area (Å²) in [5.74, 6) is 1.67. The largest absolute Gasteiger partial charge is 0.493 e. The first-order chi connectivity index (χ1) is 13.1. The minimum atomic E-state index is 0. The molecule has 1 aromatic carbocycles. The minimum Gasteiger partial charge on any atom is -0.493 e. The van der Waals surface area contributed by atoms with Crippen LogP contribution >= 0.6 is 12.4 Å². The fourth-order valence-electron chi connectivity index (χ4n) is 3.94. The smallest absolute Gasteiger partial charge is 0.123 e. The van der Waals surface area contributed by atoms with E-state index in [1.807, 2.05) is 0 Å². The summed E-state index contributed by atoms with van der Waals surface area (Å²) in [4.78, 5) is 5.05. The summed E-state index contributed by atoms with van der Waals surface area (Å²) in [6.45, 7) is 16.4. The zero-order valence-electron chi connectivity index (χ0n) is 17.9. The third-order valence-corrected chi connectivity index (χ3v) is 5.72. The Morgan fingerprint density at radius 2 is 1.82 bits per heavy atom. The molecule has 0 saturated carbocycles. The molecule has 2 aliphatic heterocycles. The first-order valence-corrected chi connectivity index (χ1v) is 10.8. The molecule has 6 heteroatoms. The van der Waals surface area contributed by atoms with E-state index in [1.54, 1.807) is 0 Å². The highest BCUT2D eigenvalue weighted by Gasteiger charge is 2.17. The van der Waals surface area contributed by atoms with E-state index in [1.165, 1.54) is 42.9 Å². The lowest BCUT2D eigenvalue weighted by Crippen LogP contribution is -2.43. The molecule has 0 amide bonds. The molecule has 2 heterocycles. The molecule has 1 aromatic rings. The zero-order valence-corrected chi connectivity index (χ0v) is 18.7. The van der Waals surface area contributed by atoms with E-state index in [0.29, 0.717) is 5.92 Å². The Kier molecular flexibility index (Phi) is 9.69. The molecule has 160 valence electrons. The highest BCUT2D eigenvalue weighted by molar-refractivity contribution is 5.85. The zero-order chi connectivity index (χ0) is 19.1. The molecule has 0 aliphatic carbocycles. The van der Waals surface area contributed by atoms with Crippen molar-refractivity contribution in [2.24, 2.45) is 5.92 Å². The number of hydrogen-bond acceptors (Lipinski definition) is 5. The van der Waals surface area contributed by atoms with Gasteiger partial charge in [-0.3, -0.25) is 0 Å². The molecule has 3 rings (SSSR count). The van der Waals surface area contributed by atoms with Gasteiger partial charge in [-0.2, -0.15) is 0 Å². The lowest BCUT2D eigenvalue weighted by Gasteiger charge is -2.32. The lowest BCUT2D eigenvalue weighted by atomic mass is 10.1. The van der Waals surface area contributed by atoms with E-state index in [9.17, 15) is 0 Å². The van der Waals surface area contributed by atoms with Crippen molar-refractivity contribution in [3.8, 4) is 5.75 Å². The van der Waals surface area contributed by atoms with Gasteiger partial charge in [0.1, 0.15) is 5.75 Å². The molecule has 0 aromatic heterocycles. The molecule has 2 fully saturated rings. The average molecular weight is 411 g/mol. The van der Waals surface area contributed by atoms with Gasteiger partial charge in [0.25, 0.3) is 0 Å². The molecule has 2 saturated heterocycles. The number of anilines is 2. The predicted molar refractivity (Wildman–Crippen MR) is 123 cm³/mol. The summed E-state index contributed by atoms with van der Waals surface area (Å²) in [5, 5.41) is 7.15. The molecular formula is C22H39ClN4O. The Hall–Kier alpha value is -1.17. The Balaban J connectivity index is 0.00000280. The first kappa shape index (κ1) is 23.1. The lowest BCUT2D eigenvalue weighted by molar-refractivity contribution is 0.289. The monoisotopic (exact) mass is 410 g/mol. The quantitative estimate of drug-likeness (QED) is 0.648. The van der Waals surface area contributed by atoms with E-state index in [2.05, 4.69) is 53.3 Å². The van der Waals surface area contributed by atoms with E-state index in [0.717, 1.165) is 58.0 Å². The van der Waals surface area contributed by atoms with Gasteiger partial charge in [0.2, 0.25) is 0 Å². The Labute approximate surface area is 177 Å². The molecule has 5 nitrogen and oxygen atoms in total. The van der Waals surface area contributed by atoms with Crippen molar-refractivity contribution in [1.82, 2.24) is 10.2 Å². The molecule has 0 bridgehead atoms. The van der Waals surface area contributed by atoms with Crippen molar-refractivity contribution in [3.05, 3.63) is 17.7 Å². The van der Waals surface area contributed by atoms with Crippen molar-refractivity contribution in [3.63, 3.8) is 0 Å². The first-order valence-electron chi connectivity index (χ1n) is 10.8. The van der Waals surface area contributed by atoms with Crippen LogP contribution in [0.2, 0.25) is 0 Å². The average Bonchev–Trinajstić information content (AvgIpc) is 3.18. The number of halogens is 1. The van der Waals surface area contributed by atoms with E-state index in [-0.39, 0.29) is 12.4 Å². The second-order valence-electron chi connectivity index (χ2n) is 8.36. The fourth-order valence-corrected chi connectivity index (χ4v) is 3.94. The standard InChI is InChI=1S/C22H38N4O.ClH/c1-18(2)6-15-27-20-16-21(24-9-12-25-10-4-5-11-25)19(3)22(17-20)26-13-7-23-8-14-26;/h16-18,23-24H,4-15H2,1-3H3;1H. The second kappa shape index (κ2) is 11.7.